The minimum Gasteiger partial charge on any atom is -0.505 e. The summed E-state index contributed by atoms with van der Waals surface area (Å²) in [5, 5.41) is 23.3. The number of phenols is 2. The largest absolute Gasteiger partial charge is 0.505 e. The van der Waals surface area contributed by atoms with Crippen molar-refractivity contribution < 1.29 is 24.5 Å². The molecule has 0 fully saturated rings. The molecule has 8 nitrogen and oxygen atoms in total. The Kier molecular flexibility index (Phi) is 3.24. The molecule has 3 N–H and O–H groups in total. The fourth-order valence-electron chi connectivity index (χ4n) is 2.72. The molecule has 0 saturated carbocycles. The van der Waals surface area contributed by atoms with Crippen LogP contribution in [0.15, 0.2) is 0 Å². The molecule has 8 heteroatoms. The van der Waals surface area contributed by atoms with Crippen LogP contribution in [-0.2, 0) is 20.9 Å². The van der Waals surface area contributed by atoms with Crippen LogP contribution >= 0.6 is 0 Å². The highest BCUT2D eigenvalue weighted by molar-refractivity contribution is 5.99. The van der Waals surface area contributed by atoms with Crippen molar-refractivity contribution in [2.24, 2.45) is 0 Å². The predicted octanol–water partition coefficient (Wildman–Crippen LogP) is -0.109. The highest BCUT2D eigenvalue weighted by Crippen LogP contribution is 2.34. The number of hydrogen-bond acceptors (Lipinski definition) is 6. The Morgan fingerprint density at radius 3 is 2.61 bits per heavy atom. The number of imidazole rings is 1. The van der Waals surface area contributed by atoms with Crippen molar-refractivity contribution in [1.29, 1.82) is 0 Å². The Hall–Kier alpha value is -3.03. The van der Waals surface area contributed by atoms with Gasteiger partial charge in [0.25, 0.3) is 0 Å². The standard InChI is InChI=1S/C15H15N3O5/c1-6-10(16-7(2)19)14(22)11-12(13(6)21)18-5-4-9(15(18)17-11)23-8(3)20/h21-22H,1,4-5H2,2-3H3,(H,16,19). The molecule has 0 aliphatic carbocycles. The summed E-state index contributed by atoms with van der Waals surface area (Å²) in [7, 11) is 0. The van der Waals surface area contributed by atoms with E-state index in [0.29, 0.717) is 29.7 Å². The van der Waals surface area contributed by atoms with Gasteiger partial charge in [0.1, 0.15) is 11.0 Å². The van der Waals surface area contributed by atoms with Crippen LogP contribution in [0.25, 0.3) is 23.4 Å². The molecule has 0 spiro atoms. The van der Waals surface area contributed by atoms with Gasteiger partial charge >= 0.3 is 5.97 Å². The number of aromatic nitrogens is 2. The van der Waals surface area contributed by atoms with Crippen LogP contribution in [0.1, 0.15) is 20.3 Å². The quantitative estimate of drug-likeness (QED) is 0.405. The van der Waals surface area contributed by atoms with E-state index in [1.807, 2.05) is 0 Å². The van der Waals surface area contributed by atoms with Gasteiger partial charge in [-0.1, -0.05) is 6.58 Å². The number of fused-ring (bicyclic) bond motifs is 3. The van der Waals surface area contributed by atoms with Crippen molar-refractivity contribution in [3.8, 4) is 11.5 Å². The zero-order valence-electron chi connectivity index (χ0n) is 12.6. The number of amides is 1. The lowest BCUT2D eigenvalue weighted by Gasteiger charge is -2.10. The Morgan fingerprint density at radius 2 is 2.00 bits per heavy atom. The van der Waals surface area contributed by atoms with Crippen LogP contribution in [0.3, 0.4) is 0 Å². The van der Waals surface area contributed by atoms with E-state index < -0.39 is 11.9 Å². The molecule has 1 aliphatic rings. The number of esters is 1. The van der Waals surface area contributed by atoms with E-state index in [4.69, 9.17) is 4.74 Å². The van der Waals surface area contributed by atoms with E-state index >= 15 is 0 Å². The summed E-state index contributed by atoms with van der Waals surface area (Å²) in [6, 6.07) is 0. The summed E-state index contributed by atoms with van der Waals surface area (Å²) in [5.74, 6) is -0.987. The van der Waals surface area contributed by atoms with Gasteiger partial charge in [-0.2, -0.15) is 0 Å². The maximum atomic E-state index is 11.3. The van der Waals surface area contributed by atoms with Crippen LogP contribution in [0.5, 0.6) is 11.5 Å². The number of carbonyl (C=O) groups is 2. The Morgan fingerprint density at radius 1 is 1.30 bits per heavy atom. The molecule has 1 aromatic carbocycles. The van der Waals surface area contributed by atoms with Crippen LogP contribution in [0, 0.1) is 0 Å². The smallest absolute Gasteiger partial charge is 0.307 e. The number of phenolic OH excluding ortho intramolecular Hbond substituents is 2. The number of aromatic hydroxyl groups is 2. The van der Waals surface area contributed by atoms with Crippen molar-refractivity contribution >= 4 is 40.9 Å². The first-order valence-corrected chi connectivity index (χ1v) is 6.93. The third kappa shape index (κ3) is 2.19. The lowest BCUT2D eigenvalue weighted by atomic mass is 10.2. The molecule has 0 atom stereocenters. The molecule has 0 bridgehead atoms. The zero-order valence-corrected chi connectivity index (χ0v) is 12.6. The van der Waals surface area contributed by atoms with Gasteiger partial charge in [-0.25, -0.2) is 4.98 Å². The number of nitrogens with zero attached hydrogens (tertiary/aromatic N) is 2. The second-order valence-electron chi connectivity index (χ2n) is 5.28. The molecule has 1 amide bonds. The van der Waals surface area contributed by atoms with Crippen LogP contribution in [0.4, 0.5) is 5.69 Å². The van der Waals surface area contributed by atoms with Gasteiger partial charge in [0.05, 0.1) is 5.69 Å². The monoisotopic (exact) mass is 317 g/mol. The van der Waals surface area contributed by atoms with Gasteiger partial charge < -0.3 is 24.8 Å². The topological polar surface area (TPSA) is 114 Å². The van der Waals surface area contributed by atoms with Crippen molar-refractivity contribution in [1.82, 2.24) is 9.55 Å². The lowest BCUT2D eigenvalue weighted by molar-refractivity contribution is -0.134. The molecule has 0 unspecified atom stereocenters. The molecule has 1 aliphatic heterocycles. The van der Waals surface area contributed by atoms with Crippen molar-refractivity contribution in [2.45, 2.75) is 26.8 Å². The highest BCUT2D eigenvalue weighted by Gasteiger charge is 2.25. The van der Waals surface area contributed by atoms with E-state index in [-0.39, 0.29) is 27.9 Å². The minimum absolute atomic E-state index is 0.00769. The molecule has 3 rings (SSSR count). The molecule has 2 heterocycles. The third-order valence-electron chi connectivity index (χ3n) is 3.62. The Balaban J connectivity index is 2.37. The van der Waals surface area contributed by atoms with Crippen LogP contribution in [-0.4, -0.2) is 31.6 Å². The molecule has 1 aromatic heterocycles. The molecule has 0 radical (unpaired) electrons. The first-order valence-electron chi connectivity index (χ1n) is 6.93. The maximum Gasteiger partial charge on any atom is 0.307 e. The number of rotatable bonds is 2. The van der Waals surface area contributed by atoms with Crippen LogP contribution < -0.4 is 16.0 Å². The summed E-state index contributed by atoms with van der Waals surface area (Å²) < 4.78 is 6.77. The van der Waals surface area contributed by atoms with Gasteiger partial charge in [-0.05, 0) is 0 Å². The molecule has 0 saturated heterocycles. The first-order chi connectivity index (χ1) is 10.8. The molecule has 120 valence electrons. The molecule has 23 heavy (non-hydrogen) atoms. The number of ether oxygens (including phenoxy) is 1. The third-order valence-corrected chi connectivity index (χ3v) is 3.62. The van der Waals surface area contributed by atoms with E-state index in [2.05, 4.69) is 16.9 Å². The van der Waals surface area contributed by atoms with Crippen molar-refractivity contribution in [2.75, 3.05) is 5.32 Å². The zero-order chi connectivity index (χ0) is 16.9. The van der Waals surface area contributed by atoms with Gasteiger partial charge in [0.15, 0.2) is 22.7 Å². The predicted molar refractivity (Wildman–Crippen MR) is 81.9 cm³/mol. The summed E-state index contributed by atoms with van der Waals surface area (Å²) in [6.07, 6.45) is 0.456. The summed E-state index contributed by atoms with van der Waals surface area (Å²) in [4.78, 5) is 26.7. The van der Waals surface area contributed by atoms with Gasteiger partial charge in [-0.15, -0.1) is 0 Å². The first kappa shape index (κ1) is 14.9. The Bertz CT molecular complexity index is 974. The molecule has 2 aromatic rings. The average Bonchev–Trinajstić information content (AvgIpc) is 3.01. The SMILES string of the molecule is C=c1c(NC(C)=O)c(O)c2nc3n(c2c1O)CCC=3OC(C)=O. The number of benzene rings is 1. The van der Waals surface area contributed by atoms with Crippen molar-refractivity contribution in [3.05, 3.63) is 10.7 Å². The minimum atomic E-state index is -0.467. The van der Waals surface area contributed by atoms with E-state index in [9.17, 15) is 19.8 Å². The van der Waals surface area contributed by atoms with E-state index in [0.717, 1.165) is 0 Å². The summed E-state index contributed by atoms with van der Waals surface area (Å²) in [6.45, 7) is 6.71. The number of nitrogens with one attached hydrogen (secondary N) is 1. The molecular weight excluding hydrogens is 302 g/mol. The normalized spacial score (nSPS) is 13.2. The summed E-state index contributed by atoms with van der Waals surface area (Å²) >= 11 is 0. The number of hydrogen-bond donors (Lipinski definition) is 3. The maximum absolute atomic E-state index is 11.3. The average molecular weight is 317 g/mol. The fourth-order valence-corrected chi connectivity index (χ4v) is 2.72. The van der Waals surface area contributed by atoms with Crippen LogP contribution in [0.2, 0.25) is 0 Å². The van der Waals surface area contributed by atoms with Gasteiger partial charge in [-0.3, -0.25) is 9.59 Å². The second-order valence-corrected chi connectivity index (χ2v) is 5.28. The van der Waals surface area contributed by atoms with Crippen molar-refractivity contribution in [3.63, 3.8) is 0 Å². The molecular formula is C15H15N3O5. The summed E-state index contributed by atoms with van der Waals surface area (Å²) in [5.41, 5.74) is 0.769. The highest BCUT2D eigenvalue weighted by atomic mass is 16.5. The number of carbonyl (C=O) groups excluding carboxylic acids is 2. The second kappa shape index (κ2) is 5.01. The van der Waals surface area contributed by atoms with E-state index in [1.54, 1.807) is 4.57 Å². The Labute approximate surface area is 130 Å². The fraction of sp³-hybridized carbons (Fsp3) is 0.267. The van der Waals surface area contributed by atoms with Gasteiger partial charge in [0, 0.05) is 32.0 Å². The lowest BCUT2D eigenvalue weighted by Crippen LogP contribution is -2.17. The number of anilines is 1. The number of aryl methyl sites for hydroxylation is 1. The van der Waals surface area contributed by atoms with Gasteiger partial charge in [0.2, 0.25) is 5.91 Å². The van der Waals surface area contributed by atoms with E-state index in [1.165, 1.54) is 13.8 Å².